The normalized spacial score (nSPS) is 11.3. The zero-order valence-corrected chi connectivity index (χ0v) is 13.3. The first-order valence-electron chi connectivity index (χ1n) is 7.03. The van der Waals surface area contributed by atoms with Gasteiger partial charge in [-0.25, -0.2) is 9.59 Å². The monoisotopic (exact) mass is 292 g/mol. The molecule has 116 valence electrons. The molecule has 1 aromatic rings. The Bertz CT molecular complexity index is 536. The number of amides is 2. The quantitative estimate of drug-likeness (QED) is 0.777. The number of carbonyl (C=O) groups excluding carboxylic acids is 1. The first-order chi connectivity index (χ1) is 9.65. The van der Waals surface area contributed by atoms with E-state index >= 15 is 0 Å². The molecule has 5 nitrogen and oxygen atoms in total. The Morgan fingerprint density at radius 1 is 1.29 bits per heavy atom. The fourth-order valence-corrected chi connectivity index (χ4v) is 1.68. The number of aromatic carboxylic acids is 1. The molecule has 0 radical (unpaired) electrons. The summed E-state index contributed by atoms with van der Waals surface area (Å²) in [5.41, 5.74) is 1.12. The lowest BCUT2D eigenvalue weighted by Crippen LogP contribution is -2.39. The number of rotatable bonds is 5. The van der Waals surface area contributed by atoms with E-state index < -0.39 is 5.97 Å². The molecular weight excluding hydrogens is 268 g/mol. The molecule has 0 spiro atoms. The Balaban J connectivity index is 2.79. The van der Waals surface area contributed by atoms with Gasteiger partial charge in [-0.3, -0.25) is 0 Å². The minimum Gasteiger partial charge on any atom is -0.478 e. The smallest absolute Gasteiger partial charge is 0.337 e. The fraction of sp³-hybridized carbons (Fsp3) is 0.500. The number of carboxylic acid groups (broad SMARTS) is 1. The van der Waals surface area contributed by atoms with Crippen LogP contribution in [0.4, 0.5) is 10.5 Å². The minimum absolute atomic E-state index is 0.0291. The maximum absolute atomic E-state index is 12.0. The second kappa shape index (κ2) is 6.61. The summed E-state index contributed by atoms with van der Waals surface area (Å²) >= 11 is 0. The van der Waals surface area contributed by atoms with Crippen LogP contribution in [0.1, 0.15) is 43.6 Å². The predicted octanol–water partition coefficient (Wildman–Crippen LogP) is 3.50. The Morgan fingerprint density at radius 2 is 1.90 bits per heavy atom. The van der Waals surface area contributed by atoms with Gasteiger partial charge in [-0.1, -0.05) is 39.8 Å². The number of carboxylic acids is 1. The van der Waals surface area contributed by atoms with Crippen LogP contribution in [0.2, 0.25) is 0 Å². The van der Waals surface area contributed by atoms with Gasteiger partial charge >= 0.3 is 12.0 Å². The highest BCUT2D eigenvalue weighted by Crippen LogP contribution is 2.25. The average Bonchev–Trinajstić information content (AvgIpc) is 2.38. The third-order valence-electron chi connectivity index (χ3n) is 4.01. The molecule has 21 heavy (non-hydrogen) atoms. The highest BCUT2D eigenvalue weighted by molar-refractivity contribution is 6.00. The summed E-state index contributed by atoms with van der Waals surface area (Å²) in [6, 6.07) is 4.51. The molecule has 0 bridgehead atoms. The van der Waals surface area contributed by atoms with E-state index in [-0.39, 0.29) is 17.0 Å². The van der Waals surface area contributed by atoms with E-state index in [0.717, 1.165) is 0 Å². The van der Waals surface area contributed by atoms with Crippen molar-refractivity contribution in [2.45, 2.75) is 34.6 Å². The Morgan fingerprint density at radius 3 is 2.43 bits per heavy atom. The van der Waals surface area contributed by atoms with Gasteiger partial charge in [0.05, 0.1) is 11.3 Å². The maximum Gasteiger partial charge on any atom is 0.337 e. The third kappa shape index (κ3) is 4.48. The molecule has 0 atom stereocenters. The van der Waals surface area contributed by atoms with Crippen molar-refractivity contribution < 1.29 is 14.7 Å². The molecule has 0 saturated carbocycles. The van der Waals surface area contributed by atoms with Crippen LogP contribution in [0.5, 0.6) is 0 Å². The van der Waals surface area contributed by atoms with Crippen molar-refractivity contribution in [3.8, 4) is 0 Å². The molecule has 5 heteroatoms. The summed E-state index contributed by atoms with van der Waals surface area (Å²) in [7, 11) is 0. The van der Waals surface area contributed by atoms with E-state index in [1.807, 2.05) is 0 Å². The van der Waals surface area contributed by atoms with Crippen LogP contribution in [-0.2, 0) is 0 Å². The zero-order chi connectivity index (χ0) is 16.2. The predicted molar refractivity (Wildman–Crippen MR) is 83.8 cm³/mol. The van der Waals surface area contributed by atoms with Crippen LogP contribution in [-0.4, -0.2) is 23.7 Å². The van der Waals surface area contributed by atoms with Crippen molar-refractivity contribution >= 4 is 17.7 Å². The van der Waals surface area contributed by atoms with E-state index in [2.05, 4.69) is 38.3 Å². The maximum atomic E-state index is 12.0. The van der Waals surface area contributed by atoms with Crippen LogP contribution in [0, 0.1) is 18.3 Å². The molecule has 0 aliphatic rings. The molecule has 0 aliphatic carbocycles. The topological polar surface area (TPSA) is 78.4 Å². The van der Waals surface area contributed by atoms with Crippen molar-refractivity contribution in [1.29, 1.82) is 0 Å². The second-order valence-corrected chi connectivity index (χ2v) is 6.25. The summed E-state index contributed by atoms with van der Waals surface area (Å²) < 4.78 is 0. The Labute approximate surface area is 125 Å². The van der Waals surface area contributed by atoms with Crippen molar-refractivity contribution in [3.05, 3.63) is 29.3 Å². The number of hydrogen-bond donors (Lipinski definition) is 3. The van der Waals surface area contributed by atoms with Gasteiger partial charge in [0.2, 0.25) is 0 Å². The number of benzene rings is 1. The highest BCUT2D eigenvalue weighted by atomic mass is 16.4. The van der Waals surface area contributed by atoms with E-state index in [4.69, 9.17) is 5.11 Å². The fourth-order valence-electron chi connectivity index (χ4n) is 1.68. The third-order valence-corrected chi connectivity index (χ3v) is 4.01. The van der Waals surface area contributed by atoms with Gasteiger partial charge in [0, 0.05) is 6.54 Å². The number of carbonyl (C=O) groups is 2. The van der Waals surface area contributed by atoms with Crippen molar-refractivity contribution in [1.82, 2.24) is 5.32 Å². The van der Waals surface area contributed by atoms with E-state index in [1.165, 1.54) is 6.07 Å². The van der Waals surface area contributed by atoms with Crippen molar-refractivity contribution in [2.75, 3.05) is 11.9 Å². The largest absolute Gasteiger partial charge is 0.478 e. The Hall–Kier alpha value is -2.04. The van der Waals surface area contributed by atoms with Crippen LogP contribution in [0.3, 0.4) is 0 Å². The average molecular weight is 292 g/mol. The number of urea groups is 1. The SMILES string of the molecule is Cc1cccc(C(=O)O)c1NC(=O)NCC(C)(C)C(C)C. The van der Waals surface area contributed by atoms with E-state index in [0.29, 0.717) is 23.7 Å². The van der Waals surface area contributed by atoms with Gasteiger partial charge in [0.25, 0.3) is 0 Å². The Kier molecular flexibility index (Phi) is 5.35. The van der Waals surface area contributed by atoms with Crippen molar-refractivity contribution in [3.63, 3.8) is 0 Å². The van der Waals surface area contributed by atoms with Gasteiger partial charge in [0.1, 0.15) is 0 Å². The number of para-hydroxylation sites is 1. The van der Waals surface area contributed by atoms with Gasteiger partial charge in [-0.15, -0.1) is 0 Å². The molecule has 0 saturated heterocycles. The second-order valence-electron chi connectivity index (χ2n) is 6.25. The number of nitrogens with one attached hydrogen (secondary N) is 2. The summed E-state index contributed by atoms with van der Waals surface area (Å²) in [5.74, 6) is -0.637. The van der Waals surface area contributed by atoms with Gasteiger partial charge in [-0.2, -0.15) is 0 Å². The first kappa shape index (κ1) is 17.0. The van der Waals surface area contributed by atoms with Crippen LogP contribution in [0.25, 0.3) is 0 Å². The molecule has 0 fully saturated rings. The molecule has 1 aromatic carbocycles. The molecule has 3 N–H and O–H groups in total. The molecule has 2 amide bonds. The first-order valence-corrected chi connectivity index (χ1v) is 7.03. The minimum atomic E-state index is -1.06. The lowest BCUT2D eigenvalue weighted by atomic mass is 9.81. The highest BCUT2D eigenvalue weighted by Gasteiger charge is 2.23. The van der Waals surface area contributed by atoms with Crippen LogP contribution < -0.4 is 10.6 Å². The standard InChI is InChI=1S/C16H24N2O3/c1-10(2)16(4,5)9-17-15(21)18-13-11(3)7-6-8-12(13)14(19)20/h6-8,10H,9H2,1-5H3,(H,19,20)(H2,17,18,21). The van der Waals surface area contributed by atoms with Gasteiger partial charge < -0.3 is 15.7 Å². The van der Waals surface area contributed by atoms with Gasteiger partial charge in [-0.05, 0) is 29.9 Å². The molecule has 0 aliphatic heterocycles. The number of hydrogen-bond acceptors (Lipinski definition) is 2. The zero-order valence-electron chi connectivity index (χ0n) is 13.3. The van der Waals surface area contributed by atoms with E-state index in [1.54, 1.807) is 19.1 Å². The van der Waals surface area contributed by atoms with Crippen LogP contribution in [0.15, 0.2) is 18.2 Å². The number of anilines is 1. The molecule has 0 aromatic heterocycles. The van der Waals surface area contributed by atoms with E-state index in [9.17, 15) is 9.59 Å². The van der Waals surface area contributed by atoms with Gasteiger partial charge in [0.15, 0.2) is 0 Å². The summed E-state index contributed by atoms with van der Waals surface area (Å²) in [5, 5.41) is 14.6. The molecular formula is C16H24N2O3. The van der Waals surface area contributed by atoms with Crippen LogP contribution >= 0.6 is 0 Å². The molecule has 1 rings (SSSR count). The lowest BCUT2D eigenvalue weighted by molar-refractivity contribution is 0.0698. The van der Waals surface area contributed by atoms with Crippen molar-refractivity contribution in [2.24, 2.45) is 11.3 Å². The summed E-state index contributed by atoms with van der Waals surface area (Å²) in [6.45, 7) is 10.6. The summed E-state index contributed by atoms with van der Waals surface area (Å²) in [6.07, 6.45) is 0. The lowest BCUT2D eigenvalue weighted by Gasteiger charge is -2.29. The molecule has 0 unspecified atom stereocenters. The number of aryl methyl sites for hydroxylation is 1. The summed E-state index contributed by atoms with van der Waals surface area (Å²) in [4.78, 5) is 23.2. The molecule has 0 heterocycles.